The van der Waals surface area contributed by atoms with Crippen molar-refractivity contribution in [3.05, 3.63) is 29.5 Å². The number of carbonyl (C=O) groups excluding carboxylic acids is 1. The number of nitrogens with one attached hydrogen (secondary N) is 1. The van der Waals surface area contributed by atoms with Gasteiger partial charge in [-0.1, -0.05) is 17.4 Å². The van der Waals surface area contributed by atoms with Crippen LogP contribution in [0.1, 0.15) is 31.2 Å². The summed E-state index contributed by atoms with van der Waals surface area (Å²) >= 11 is 0.673. The van der Waals surface area contributed by atoms with Crippen molar-refractivity contribution in [2.75, 3.05) is 38.6 Å². The Morgan fingerprint density at radius 3 is 2.62 bits per heavy atom. The van der Waals surface area contributed by atoms with Gasteiger partial charge in [-0.25, -0.2) is 32.0 Å². The molecule has 1 N–H and O–H groups in total. The topological polar surface area (TPSA) is 153 Å². The van der Waals surface area contributed by atoms with Crippen molar-refractivity contribution in [1.29, 1.82) is 5.26 Å². The summed E-state index contributed by atoms with van der Waals surface area (Å²) < 4.78 is 57.5. The number of nitrogens with zero attached hydrogens (tertiary/aromatic N) is 9. The largest absolute Gasteiger partial charge is 0.352 e. The van der Waals surface area contributed by atoms with E-state index in [1.165, 1.54) is 27.9 Å². The molecule has 1 aliphatic carbocycles. The van der Waals surface area contributed by atoms with Gasteiger partial charge in [0.2, 0.25) is 15.2 Å². The third kappa shape index (κ3) is 4.68. The van der Waals surface area contributed by atoms with E-state index in [0.717, 1.165) is 0 Å². The zero-order valence-corrected chi connectivity index (χ0v) is 24.5. The second-order valence-corrected chi connectivity index (χ2v) is 13.3. The number of hydrogen-bond acceptors (Lipinski definition) is 10. The summed E-state index contributed by atoms with van der Waals surface area (Å²) in [5.41, 5.74) is -0.440. The maximum absolute atomic E-state index is 13.5. The minimum absolute atomic E-state index is 0.0860. The number of carbonyl (C=O) groups is 1. The number of hydrogen-bond donors (Lipinski definition) is 1. The van der Waals surface area contributed by atoms with Gasteiger partial charge in [-0.05, 0) is 31.9 Å². The summed E-state index contributed by atoms with van der Waals surface area (Å²) in [7, 11) is -0.689. The molecule has 2 aliphatic rings. The number of aromatic nitrogens is 5. The first kappa shape index (κ1) is 28.1. The molecule has 13 nitrogen and oxygen atoms in total. The van der Waals surface area contributed by atoms with Gasteiger partial charge in [0.05, 0.1) is 21.9 Å². The number of alkyl halides is 2. The summed E-state index contributed by atoms with van der Waals surface area (Å²) in [4.78, 5) is 26.9. The first-order valence-electron chi connectivity index (χ1n) is 13.0. The molecule has 0 bridgehead atoms. The highest BCUT2D eigenvalue weighted by Gasteiger charge is 2.47. The van der Waals surface area contributed by atoms with Crippen LogP contribution in [0.15, 0.2) is 29.4 Å². The van der Waals surface area contributed by atoms with Crippen LogP contribution in [0.2, 0.25) is 0 Å². The molecule has 1 unspecified atom stereocenters. The van der Waals surface area contributed by atoms with Gasteiger partial charge < -0.3 is 14.7 Å². The first-order chi connectivity index (χ1) is 19.9. The van der Waals surface area contributed by atoms with E-state index in [1.54, 1.807) is 25.1 Å². The number of benzene rings is 1. The van der Waals surface area contributed by atoms with E-state index < -0.39 is 27.0 Å². The molecule has 6 rings (SSSR count). The van der Waals surface area contributed by atoms with Gasteiger partial charge >= 0.3 is 6.03 Å². The highest BCUT2D eigenvalue weighted by atomic mass is 32.2. The molecule has 1 atom stereocenters. The fraction of sp³-hybridized carbons (Fsp3) is 0.440. The molecule has 17 heteroatoms. The number of fused-ring (bicyclic) bond motifs is 3. The van der Waals surface area contributed by atoms with Crippen LogP contribution >= 0.6 is 11.3 Å². The van der Waals surface area contributed by atoms with Gasteiger partial charge in [-0.3, -0.25) is 4.57 Å². The van der Waals surface area contributed by atoms with E-state index in [1.807, 2.05) is 17.9 Å². The SMILES string of the molecule is CC1CN(c2ncnc3c2c2ccc(S(=O)(=O)NC4(C#N)CC4)cc2n3-c2nnc(C(F)F)s2)CCN1C(=O)N(C)C. The van der Waals surface area contributed by atoms with Crippen molar-refractivity contribution in [1.82, 2.24) is 39.3 Å². The van der Waals surface area contributed by atoms with E-state index in [2.05, 4.69) is 24.9 Å². The molecule has 0 spiro atoms. The average molecular weight is 617 g/mol. The summed E-state index contributed by atoms with van der Waals surface area (Å²) in [5, 5.41) is 17.8. The minimum Gasteiger partial charge on any atom is -0.352 e. The fourth-order valence-electron chi connectivity index (χ4n) is 5.17. The Labute approximate surface area is 243 Å². The van der Waals surface area contributed by atoms with Crippen LogP contribution in [0.25, 0.3) is 27.1 Å². The maximum atomic E-state index is 13.5. The third-order valence-electron chi connectivity index (χ3n) is 7.47. The normalized spacial score (nSPS) is 18.5. The molecule has 3 aromatic heterocycles. The number of anilines is 1. The lowest BCUT2D eigenvalue weighted by molar-refractivity contribution is 0.146. The number of halogens is 2. The zero-order valence-electron chi connectivity index (χ0n) is 22.8. The van der Waals surface area contributed by atoms with E-state index in [-0.39, 0.29) is 22.1 Å². The van der Waals surface area contributed by atoms with Crippen LogP contribution in [0.3, 0.4) is 0 Å². The van der Waals surface area contributed by atoms with Crippen molar-refractivity contribution in [2.45, 2.75) is 42.7 Å². The zero-order chi connectivity index (χ0) is 30.0. The van der Waals surface area contributed by atoms with Crippen LogP contribution in [0.4, 0.5) is 19.4 Å². The van der Waals surface area contributed by atoms with E-state index >= 15 is 0 Å². The van der Waals surface area contributed by atoms with Crippen LogP contribution in [-0.2, 0) is 10.0 Å². The lowest BCUT2D eigenvalue weighted by Crippen LogP contribution is -2.56. The van der Waals surface area contributed by atoms with Crippen molar-refractivity contribution in [2.24, 2.45) is 0 Å². The lowest BCUT2D eigenvalue weighted by Gasteiger charge is -2.41. The molecule has 1 aromatic carbocycles. The van der Waals surface area contributed by atoms with Gasteiger partial charge in [0, 0.05) is 45.2 Å². The number of rotatable bonds is 6. The Hall–Kier alpha value is -4.01. The molecule has 1 saturated heterocycles. The highest BCUT2D eigenvalue weighted by molar-refractivity contribution is 7.89. The van der Waals surface area contributed by atoms with Crippen LogP contribution in [-0.4, -0.2) is 94.3 Å². The molecule has 0 radical (unpaired) electrons. The Morgan fingerprint density at radius 2 is 2.00 bits per heavy atom. The molecule has 4 heterocycles. The fourth-order valence-corrected chi connectivity index (χ4v) is 7.29. The smallest absolute Gasteiger partial charge is 0.319 e. The third-order valence-corrected chi connectivity index (χ3v) is 9.92. The average Bonchev–Trinajstić information content (AvgIpc) is 3.40. The standard InChI is InChI=1S/C25H26F2N10O3S2/c1-14-11-35(8-9-36(14)24(38)34(2)3)20-18-16-5-4-15(42(39,40)33-25(12-28)6-7-25)10-17(16)37(21(18)30-13-29-20)23-32-31-22(41-23)19(26)27/h4-5,10,13-14,19,33H,6-9,11H2,1-3H3. The van der Waals surface area contributed by atoms with Gasteiger partial charge in [-0.15, -0.1) is 10.2 Å². The number of piperazine rings is 1. The number of amides is 2. The molecule has 42 heavy (non-hydrogen) atoms. The Bertz CT molecular complexity index is 1860. The van der Waals surface area contributed by atoms with Crippen molar-refractivity contribution >= 4 is 55.1 Å². The molecule has 220 valence electrons. The van der Waals surface area contributed by atoms with Crippen LogP contribution in [0.5, 0.6) is 0 Å². The minimum atomic E-state index is -4.09. The van der Waals surface area contributed by atoms with E-state index in [9.17, 15) is 27.3 Å². The molecular formula is C25H26F2N10O3S2. The second-order valence-electron chi connectivity index (χ2n) is 10.6. The van der Waals surface area contributed by atoms with Gasteiger partial charge in [0.15, 0.2) is 10.7 Å². The summed E-state index contributed by atoms with van der Waals surface area (Å²) in [6, 6.07) is 6.25. The number of sulfonamides is 1. The predicted octanol–water partition coefficient (Wildman–Crippen LogP) is 2.89. The van der Waals surface area contributed by atoms with Crippen molar-refractivity contribution < 1.29 is 22.0 Å². The van der Waals surface area contributed by atoms with Crippen LogP contribution in [0, 0.1) is 11.3 Å². The molecular weight excluding hydrogens is 590 g/mol. The Balaban J connectivity index is 1.51. The van der Waals surface area contributed by atoms with Crippen LogP contribution < -0.4 is 9.62 Å². The summed E-state index contributed by atoms with van der Waals surface area (Å²) in [6.07, 6.45) is -0.653. The van der Waals surface area contributed by atoms with Crippen molar-refractivity contribution in [3.63, 3.8) is 0 Å². The first-order valence-corrected chi connectivity index (χ1v) is 15.3. The monoisotopic (exact) mass is 616 g/mol. The predicted molar refractivity (Wildman–Crippen MR) is 150 cm³/mol. The molecule has 2 fully saturated rings. The lowest BCUT2D eigenvalue weighted by atomic mass is 10.1. The van der Waals surface area contributed by atoms with Gasteiger partial charge in [0.1, 0.15) is 17.7 Å². The Morgan fingerprint density at radius 1 is 1.24 bits per heavy atom. The van der Waals surface area contributed by atoms with Gasteiger partial charge in [0.25, 0.3) is 6.43 Å². The molecule has 1 saturated carbocycles. The van der Waals surface area contributed by atoms with Gasteiger partial charge in [-0.2, -0.15) is 9.98 Å². The second kappa shape index (κ2) is 10.1. The van der Waals surface area contributed by atoms with Crippen molar-refractivity contribution in [3.8, 4) is 11.2 Å². The Kier molecular flexibility index (Phi) is 6.74. The summed E-state index contributed by atoms with van der Waals surface area (Å²) in [6.45, 7) is 3.34. The molecule has 1 aliphatic heterocycles. The quantitative estimate of drug-likeness (QED) is 0.345. The number of nitriles is 1. The molecule has 4 aromatic rings. The summed E-state index contributed by atoms with van der Waals surface area (Å²) in [5.74, 6) is 0.557. The van der Waals surface area contributed by atoms with E-state index in [4.69, 9.17) is 0 Å². The van der Waals surface area contributed by atoms with E-state index in [0.29, 0.717) is 71.6 Å². The maximum Gasteiger partial charge on any atom is 0.319 e. The molecule has 2 amide bonds. The highest BCUT2D eigenvalue weighted by Crippen LogP contribution is 2.40. The number of urea groups is 1.